The average Bonchev–Trinajstić information content (AvgIpc) is 2.75. The molecule has 2 aliphatic rings. The summed E-state index contributed by atoms with van der Waals surface area (Å²) in [4.78, 5) is 51.8. The van der Waals surface area contributed by atoms with E-state index in [4.69, 9.17) is 18.9 Å². The molecule has 0 spiro atoms. The molecule has 0 N–H and O–H groups in total. The van der Waals surface area contributed by atoms with Crippen molar-refractivity contribution in [1.82, 2.24) is 4.90 Å². The third kappa shape index (κ3) is 5.97. The summed E-state index contributed by atoms with van der Waals surface area (Å²) in [5, 5.41) is 0. The van der Waals surface area contributed by atoms with Crippen LogP contribution in [-0.4, -0.2) is 79.5 Å². The number of anilines is 1. The molecule has 1 aromatic carbocycles. The van der Waals surface area contributed by atoms with E-state index in [2.05, 4.69) is 4.90 Å². The Balaban J connectivity index is 1.70. The molecular weight excluding hydrogens is 420 g/mol. The number of amides is 1. The highest BCUT2D eigenvalue weighted by Crippen LogP contribution is 2.28. The van der Waals surface area contributed by atoms with E-state index in [9.17, 15) is 19.2 Å². The number of ether oxygens (including phenoxy) is 4. The van der Waals surface area contributed by atoms with Gasteiger partial charge in [0.2, 0.25) is 12.4 Å². The highest BCUT2D eigenvalue weighted by Gasteiger charge is 2.48. The number of para-hydroxylation sites is 1. The molecule has 0 bridgehead atoms. The quantitative estimate of drug-likeness (QED) is 0.478. The van der Waals surface area contributed by atoms with Crippen LogP contribution in [0.4, 0.5) is 5.69 Å². The monoisotopic (exact) mass is 448 g/mol. The first-order valence-electron chi connectivity index (χ1n) is 10.5. The van der Waals surface area contributed by atoms with E-state index >= 15 is 0 Å². The molecule has 0 radical (unpaired) electrons. The fourth-order valence-corrected chi connectivity index (χ4v) is 3.91. The average molecular weight is 448 g/mol. The van der Waals surface area contributed by atoms with Gasteiger partial charge in [-0.05, 0) is 12.1 Å². The fourth-order valence-electron chi connectivity index (χ4n) is 3.91. The van der Waals surface area contributed by atoms with Gasteiger partial charge in [0.25, 0.3) is 5.91 Å². The van der Waals surface area contributed by atoms with Crippen molar-refractivity contribution in [3.05, 3.63) is 30.3 Å². The Morgan fingerprint density at radius 2 is 1.44 bits per heavy atom. The van der Waals surface area contributed by atoms with Crippen LogP contribution >= 0.6 is 0 Å². The van der Waals surface area contributed by atoms with Gasteiger partial charge in [-0.1, -0.05) is 18.2 Å². The topological polar surface area (TPSA) is 112 Å². The number of carbonyl (C=O) groups excluding carboxylic acids is 4. The second-order valence-corrected chi connectivity index (χ2v) is 7.71. The smallest absolute Gasteiger partial charge is 0.305 e. The summed E-state index contributed by atoms with van der Waals surface area (Å²) >= 11 is 0. The molecule has 0 aromatic heterocycles. The minimum atomic E-state index is -1.37. The number of hydrogen-bond donors (Lipinski definition) is 0. The summed E-state index contributed by atoms with van der Waals surface area (Å²) in [5.41, 5.74) is 1.09. The van der Waals surface area contributed by atoms with Crippen LogP contribution in [0.5, 0.6) is 0 Å². The fraction of sp³-hybridized carbons (Fsp3) is 0.545. The molecule has 0 saturated carbocycles. The summed E-state index contributed by atoms with van der Waals surface area (Å²) in [6.45, 7) is 5.83. The number of nitrogens with zero attached hydrogens (tertiary/aromatic N) is 2. The highest BCUT2D eigenvalue weighted by atomic mass is 16.7. The summed E-state index contributed by atoms with van der Waals surface area (Å²) in [6, 6.07) is 9.92. The van der Waals surface area contributed by atoms with Crippen LogP contribution in [0.15, 0.2) is 30.3 Å². The van der Waals surface area contributed by atoms with Crippen molar-refractivity contribution in [2.75, 3.05) is 31.1 Å². The molecule has 3 rings (SSSR count). The van der Waals surface area contributed by atoms with Crippen LogP contribution < -0.4 is 4.90 Å². The molecule has 0 unspecified atom stereocenters. The van der Waals surface area contributed by atoms with E-state index in [1.54, 1.807) is 4.90 Å². The Bertz CT molecular complexity index is 812. The number of benzene rings is 1. The van der Waals surface area contributed by atoms with E-state index in [0.717, 1.165) is 5.69 Å². The number of hydrogen-bond acceptors (Lipinski definition) is 9. The molecule has 10 nitrogen and oxygen atoms in total. The normalized spacial score (nSPS) is 25.6. The van der Waals surface area contributed by atoms with Crippen molar-refractivity contribution in [2.45, 2.75) is 51.8 Å². The van der Waals surface area contributed by atoms with Gasteiger partial charge >= 0.3 is 17.9 Å². The van der Waals surface area contributed by atoms with E-state index in [-0.39, 0.29) is 12.3 Å². The maximum atomic E-state index is 13.2. The molecule has 1 aromatic rings. The second kappa shape index (κ2) is 10.4. The molecule has 32 heavy (non-hydrogen) atoms. The Morgan fingerprint density at radius 3 is 2.00 bits per heavy atom. The van der Waals surface area contributed by atoms with Crippen LogP contribution in [0.1, 0.15) is 27.2 Å². The van der Waals surface area contributed by atoms with Gasteiger partial charge in [-0.25, -0.2) is 0 Å². The Kier molecular flexibility index (Phi) is 7.68. The van der Waals surface area contributed by atoms with Crippen molar-refractivity contribution in [3.8, 4) is 0 Å². The standard InChI is InChI=1S/C22H28N2O8/c1-14(25)29-18-13-19(32-22(31-16(3)27)20(18)30-15(2)26)21(28)24-11-9-23(10-12-24)17-7-5-4-6-8-17/h4-8,18-20,22H,9-13H2,1-3H3/t18-,19-,20+,22+/m0/s1. The first-order valence-corrected chi connectivity index (χ1v) is 10.5. The SMILES string of the molecule is CC(=O)O[C@@H]1O[C@H](C(=O)N2CCN(c3ccccc3)CC2)C[C@H](OC(C)=O)[C@H]1OC(C)=O. The van der Waals surface area contributed by atoms with E-state index in [0.29, 0.717) is 26.2 Å². The molecule has 2 heterocycles. The van der Waals surface area contributed by atoms with E-state index in [1.165, 1.54) is 20.8 Å². The molecule has 2 aliphatic heterocycles. The third-order valence-corrected chi connectivity index (χ3v) is 5.27. The minimum absolute atomic E-state index is 0.0208. The molecular formula is C22H28N2O8. The van der Waals surface area contributed by atoms with Crippen LogP contribution in [-0.2, 0) is 38.1 Å². The number of rotatable bonds is 5. The van der Waals surface area contributed by atoms with Crippen LogP contribution in [0, 0.1) is 0 Å². The van der Waals surface area contributed by atoms with E-state index in [1.807, 2.05) is 30.3 Å². The summed E-state index contributed by atoms with van der Waals surface area (Å²) in [5.74, 6) is -2.25. The lowest BCUT2D eigenvalue weighted by Crippen LogP contribution is -2.58. The molecule has 174 valence electrons. The zero-order chi connectivity index (χ0) is 23.3. The van der Waals surface area contributed by atoms with Crippen LogP contribution in [0.2, 0.25) is 0 Å². The first-order chi connectivity index (χ1) is 15.2. The predicted octanol–water partition coefficient (Wildman–Crippen LogP) is 0.877. The van der Waals surface area contributed by atoms with Gasteiger partial charge in [0, 0.05) is 59.1 Å². The van der Waals surface area contributed by atoms with Gasteiger partial charge in [-0.15, -0.1) is 0 Å². The Hall–Kier alpha value is -3.14. The van der Waals surface area contributed by atoms with E-state index < -0.39 is 42.5 Å². The number of esters is 3. The summed E-state index contributed by atoms with van der Waals surface area (Å²) in [7, 11) is 0. The van der Waals surface area contributed by atoms with Crippen molar-refractivity contribution in [1.29, 1.82) is 0 Å². The third-order valence-electron chi connectivity index (χ3n) is 5.27. The second-order valence-electron chi connectivity index (χ2n) is 7.71. The summed E-state index contributed by atoms with van der Waals surface area (Å²) < 4.78 is 21.4. The predicted molar refractivity (Wildman–Crippen MR) is 111 cm³/mol. The molecule has 4 atom stereocenters. The maximum Gasteiger partial charge on any atom is 0.305 e. The van der Waals surface area contributed by atoms with Crippen molar-refractivity contribution in [3.63, 3.8) is 0 Å². The lowest BCUT2D eigenvalue weighted by Gasteiger charge is -2.42. The molecule has 0 aliphatic carbocycles. The largest absolute Gasteiger partial charge is 0.458 e. The Labute approximate surface area is 186 Å². The highest BCUT2D eigenvalue weighted by molar-refractivity contribution is 5.81. The zero-order valence-corrected chi connectivity index (χ0v) is 18.4. The number of piperazine rings is 1. The van der Waals surface area contributed by atoms with Crippen molar-refractivity contribution < 1.29 is 38.1 Å². The Morgan fingerprint density at radius 1 is 0.844 bits per heavy atom. The zero-order valence-electron chi connectivity index (χ0n) is 18.4. The van der Waals surface area contributed by atoms with Gasteiger partial charge in [-0.3, -0.25) is 19.2 Å². The van der Waals surface area contributed by atoms with Crippen LogP contribution in [0.3, 0.4) is 0 Å². The van der Waals surface area contributed by atoms with Gasteiger partial charge < -0.3 is 28.7 Å². The minimum Gasteiger partial charge on any atom is -0.458 e. The number of carbonyl (C=O) groups is 4. The van der Waals surface area contributed by atoms with Gasteiger partial charge in [0.15, 0.2) is 0 Å². The first kappa shape index (κ1) is 23.5. The molecule has 1 amide bonds. The van der Waals surface area contributed by atoms with Gasteiger partial charge in [0.05, 0.1) is 0 Å². The van der Waals surface area contributed by atoms with Crippen molar-refractivity contribution >= 4 is 29.5 Å². The summed E-state index contributed by atoms with van der Waals surface area (Å²) in [6.07, 6.45) is -4.56. The van der Waals surface area contributed by atoms with Gasteiger partial charge in [-0.2, -0.15) is 0 Å². The van der Waals surface area contributed by atoms with Crippen LogP contribution in [0.25, 0.3) is 0 Å². The lowest BCUT2D eigenvalue weighted by molar-refractivity contribution is -0.265. The van der Waals surface area contributed by atoms with Crippen molar-refractivity contribution in [2.24, 2.45) is 0 Å². The molecule has 2 saturated heterocycles. The maximum absolute atomic E-state index is 13.2. The van der Waals surface area contributed by atoms with Gasteiger partial charge in [0.1, 0.15) is 12.2 Å². The molecule has 2 fully saturated rings. The lowest BCUT2D eigenvalue weighted by atomic mass is 10.0. The molecule has 10 heteroatoms.